The molecule has 0 unspecified atom stereocenters. The summed E-state index contributed by atoms with van der Waals surface area (Å²) in [7, 11) is 0. The number of benzene rings is 2. The number of hydrogen-bond donors (Lipinski definition) is 0. The maximum Gasteiger partial charge on any atom is 0.348 e. The van der Waals surface area contributed by atoms with Gasteiger partial charge >= 0.3 is 5.69 Å². The van der Waals surface area contributed by atoms with Gasteiger partial charge in [0.15, 0.2) is 0 Å². The van der Waals surface area contributed by atoms with Crippen molar-refractivity contribution in [3.05, 3.63) is 58.5 Å². The summed E-state index contributed by atoms with van der Waals surface area (Å²) >= 11 is 0. The second-order valence-corrected chi connectivity index (χ2v) is 7.51. The minimum absolute atomic E-state index is 0.0345. The molecular formula is C23H28N2O2. The molecule has 142 valence electrons. The molecule has 3 aromatic rings. The van der Waals surface area contributed by atoms with Crippen LogP contribution in [0, 0.1) is 0 Å². The van der Waals surface area contributed by atoms with Gasteiger partial charge in [-0.25, -0.2) is 4.79 Å². The van der Waals surface area contributed by atoms with Crippen LogP contribution in [0.25, 0.3) is 22.2 Å². The molecule has 0 saturated heterocycles. The van der Waals surface area contributed by atoms with Gasteiger partial charge in [0, 0.05) is 17.0 Å². The Bertz CT molecular complexity index is 986. The Morgan fingerprint density at radius 2 is 1.74 bits per heavy atom. The van der Waals surface area contributed by atoms with E-state index in [-0.39, 0.29) is 11.7 Å². The van der Waals surface area contributed by atoms with Crippen LogP contribution in [0.15, 0.2) is 47.3 Å². The largest absolute Gasteiger partial charge is 0.494 e. The Morgan fingerprint density at radius 3 is 2.33 bits per heavy atom. The lowest BCUT2D eigenvalue weighted by atomic mass is 9.99. The van der Waals surface area contributed by atoms with E-state index in [1.807, 2.05) is 32.0 Å². The van der Waals surface area contributed by atoms with Gasteiger partial charge in [-0.3, -0.25) is 4.57 Å². The molecule has 1 aromatic heterocycles. The molecule has 0 aliphatic rings. The molecule has 0 fully saturated rings. The third-order valence-corrected chi connectivity index (χ3v) is 4.74. The van der Waals surface area contributed by atoms with E-state index in [0.29, 0.717) is 18.2 Å². The number of nitrogens with zero attached hydrogens (tertiary/aromatic N) is 2. The fourth-order valence-corrected chi connectivity index (χ4v) is 3.28. The van der Waals surface area contributed by atoms with Crippen LogP contribution in [0.4, 0.5) is 0 Å². The molecule has 0 atom stereocenters. The van der Waals surface area contributed by atoms with Gasteiger partial charge in [-0.15, -0.1) is 0 Å². The van der Waals surface area contributed by atoms with Gasteiger partial charge in [0.2, 0.25) is 0 Å². The minimum atomic E-state index is -0.220. The van der Waals surface area contributed by atoms with Crippen molar-refractivity contribution in [2.75, 3.05) is 6.61 Å². The predicted octanol–water partition coefficient (Wildman–Crippen LogP) is 5.56. The van der Waals surface area contributed by atoms with Crippen molar-refractivity contribution < 1.29 is 4.74 Å². The Balaban J connectivity index is 2.23. The molecule has 4 nitrogen and oxygen atoms in total. The fourth-order valence-electron chi connectivity index (χ4n) is 3.28. The first-order chi connectivity index (χ1) is 12.9. The van der Waals surface area contributed by atoms with Gasteiger partial charge in [-0.2, -0.15) is 4.98 Å². The average molecular weight is 364 g/mol. The van der Waals surface area contributed by atoms with Crippen LogP contribution in [0.5, 0.6) is 5.75 Å². The van der Waals surface area contributed by atoms with Crippen LogP contribution < -0.4 is 10.4 Å². The molecule has 0 amide bonds. The van der Waals surface area contributed by atoms with E-state index in [1.54, 1.807) is 4.57 Å². The third-order valence-electron chi connectivity index (χ3n) is 4.74. The summed E-state index contributed by atoms with van der Waals surface area (Å²) in [6.07, 6.45) is 0.950. The molecular weight excluding hydrogens is 336 g/mol. The van der Waals surface area contributed by atoms with Gasteiger partial charge < -0.3 is 4.74 Å². The number of rotatable bonds is 6. The van der Waals surface area contributed by atoms with Crippen molar-refractivity contribution in [1.82, 2.24) is 9.55 Å². The average Bonchev–Trinajstić information content (AvgIpc) is 2.65. The van der Waals surface area contributed by atoms with Crippen LogP contribution in [-0.4, -0.2) is 16.2 Å². The zero-order valence-corrected chi connectivity index (χ0v) is 16.8. The minimum Gasteiger partial charge on any atom is -0.494 e. The Hall–Kier alpha value is -2.62. The maximum atomic E-state index is 12.7. The van der Waals surface area contributed by atoms with E-state index in [0.717, 1.165) is 28.6 Å². The molecule has 4 heteroatoms. The lowest BCUT2D eigenvalue weighted by Gasteiger charge is -2.17. The summed E-state index contributed by atoms with van der Waals surface area (Å²) in [6, 6.07) is 14.3. The normalized spacial score (nSPS) is 11.5. The van der Waals surface area contributed by atoms with Gasteiger partial charge in [0.1, 0.15) is 5.75 Å². The molecule has 1 heterocycles. The summed E-state index contributed by atoms with van der Waals surface area (Å²) in [4.78, 5) is 17.2. The highest BCUT2D eigenvalue weighted by Gasteiger charge is 2.15. The molecule has 2 aromatic carbocycles. The van der Waals surface area contributed by atoms with E-state index in [1.165, 1.54) is 5.56 Å². The van der Waals surface area contributed by atoms with Crippen molar-refractivity contribution in [1.29, 1.82) is 0 Å². The highest BCUT2D eigenvalue weighted by Crippen LogP contribution is 2.30. The van der Waals surface area contributed by atoms with E-state index in [9.17, 15) is 4.79 Å². The van der Waals surface area contributed by atoms with Gasteiger partial charge in [0.25, 0.3) is 0 Å². The molecule has 0 bridgehead atoms. The van der Waals surface area contributed by atoms with Crippen molar-refractivity contribution >= 4 is 10.9 Å². The molecule has 3 rings (SSSR count). The molecule has 0 saturated carbocycles. The molecule has 27 heavy (non-hydrogen) atoms. The van der Waals surface area contributed by atoms with Crippen LogP contribution in [0.1, 0.15) is 58.6 Å². The van der Waals surface area contributed by atoms with Gasteiger partial charge in [-0.05, 0) is 49.9 Å². The number of aromatic nitrogens is 2. The molecule has 0 spiro atoms. The molecule has 0 aliphatic carbocycles. The second kappa shape index (κ2) is 7.95. The van der Waals surface area contributed by atoms with Crippen molar-refractivity contribution in [3.8, 4) is 17.0 Å². The van der Waals surface area contributed by atoms with Crippen molar-refractivity contribution in [2.24, 2.45) is 0 Å². The first-order valence-corrected chi connectivity index (χ1v) is 9.71. The standard InChI is InChI=1S/C23H28N2O2/c1-6-13-27-19-11-12-21-20(14-19)22(24-23(26)25(21)16(4)5)18-9-7-17(8-10-18)15(2)3/h7-12,14-16H,6,13H2,1-5H3. The lowest BCUT2D eigenvalue weighted by Crippen LogP contribution is -2.25. The second-order valence-electron chi connectivity index (χ2n) is 7.51. The van der Waals surface area contributed by atoms with Crippen LogP contribution >= 0.6 is 0 Å². The van der Waals surface area contributed by atoms with Crippen LogP contribution in [0.3, 0.4) is 0 Å². The number of fused-ring (bicyclic) bond motifs is 1. The van der Waals surface area contributed by atoms with E-state index in [4.69, 9.17) is 4.74 Å². The van der Waals surface area contributed by atoms with Gasteiger partial charge in [-0.1, -0.05) is 45.0 Å². The van der Waals surface area contributed by atoms with E-state index >= 15 is 0 Å². The van der Waals surface area contributed by atoms with Crippen LogP contribution in [0.2, 0.25) is 0 Å². The zero-order chi connectivity index (χ0) is 19.6. The maximum absolute atomic E-state index is 12.7. The van der Waals surface area contributed by atoms with Gasteiger partial charge in [0.05, 0.1) is 17.8 Å². The quantitative estimate of drug-likeness (QED) is 0.575. The molecule has 0 aliphatic heterocycles. The topological polar surface area (TPSA) is 44.1 Å². The van der Waals surface area contributed by atoms with Crippen LogP contribution in [-0.2, 0) is 0 Å². The van der Waals surface area contributed by atoms with Crippen molar-refractivity contribution in [3.63, 3.8) is 0 Å². The Morgan fingerprint density at radius 1 is 1.04 bits per heavy atom. The van der Waals surface area contributed by atoms with E-state index < -0.39 is 0 Å². The Kier molecular flexibility index (Phi) is 5.64. The summed E-state index contributed by atoms with van der Waals surface area (Å²) in [5.74, 6) is 1.27. The summed E-state index contributed by atoms with van der Waals surface area (Å²) in [5.41, 5.74) is 3.60. The molecule has 0 radical (unpaired) electrons. The molecule has 0 N–H and O–H groups in total. The van der Waals surface area contributed by atoms with E-state index in [2.05, 4.69) is 50.0 Å². The summed E-state index contributed by atoms with van der Waals surface area (Å²) in [6.45, 7) is 11.1. The first-order valence-electron chi connectivity index (χ1n) is 9.71. The fraction of sp³-hybridized carbons (Fsp3) is 0.391. The summed E-state index contributed by atoms with van der Waals surface area (Å²) < 4.78 is 7.56. The summed E-state index contributed by atoms with van der Waals surface area (Å²) in [5, 5.41) is 0.939. The smallest absolute Gasteiger partial charge is 0.348 e. The predicted molar refractivity (Wildman–Crippen MR) is 112 cm³/mol. The first kappa shape index (κ1) is 19.2. The SMILES string of the molecule is CCCOc1ccc2c(c1)c(-c1ccc(C(C)C)cc1)nc(=O)n2C(C)C. The number of hydrogen-bond acceptors (Lipinski definition) is 3. The number of ether oxygens (including phenoxy) is 1. The monoisotopic (exact) mass is 364 g/mol. The lowest BCUT2D eigenvalue weighted by molar-refractivity contribution is 0.318. The van der Waals surface area contributed by atoms with Crippen molar-refractivity contribution in [2.45, 2.75) is 53.0 Å². The highest BCUT2D eigenvalue weighted by molar-refractivity contribution is 5.93. The zero-order valence-electron chi connectivity index (χ0n) is 16.8. The highest BCUT2D eigenvalue weighted by atomic mass is 16.5. The third kappa shape index (κ3) is 3.90. The Labute approximate surface area is 160 Å².